The third-order valence-corrected chi connectivity index (χ3v) is 9.53. The molecule has 0 fully saturated rings. The van der Waals surface area contributed by atoms with Gasteiger partial charge < -0.3 is 0 Å². The number of aromatic nitrogens is 3. The lowest BCUT2D eigenvalue weighted by Gasteiger charge is -2.23. The highest BCUT2D eigenvalue weighted by Gasteiger charge is 2.35. The number of allylic oxidation sites excluding steroid dienone is 5. The predicted octanol–water partition coefficient (Wildman–Crippen LogP) is 11.0. The Balaban J connectivity index is 1.32. The van der Waals surface area contributed by atoms with Crippen molar-refractivity contribution in [2.75, 3.05) is 0 Å². The average Bonchev–Trinajstić information content (AvgIpc) is 3.30. The Labute approximate surface area is 269 Å². The topological polar surface area (TPSA) is 38.7 Å². The predicted molar refractivity (Wildman–Crippen MR) is 193 cm³/mol. The maximum Gasteiger partial charge on any atom is 0.164 e. The van der Waals surface area contributed by atoms with E-state index in [0.717, 1.165) is 16.7 Å². The summed E-state index contributed by atoms with van der Waals surface area (Å²) < 4.78 is 0. The lowest BCUT2D eigenvalue weighted by Crippen LogP contribution is -2.16. The van der Waals surface area contributed by atoms with Crippen molar-refractivity contribution in [1.29, 1.82) is 0 Å². The molecule has 1 heterocycles. The molecule has 0 aliphatic heterocycles. The summed E-state index contributed by atoms with van der Waals surface area (Å²) in [5, 5.41) is 7.31. The summed E-state index contributed by atoms with van der Waals surface area (Å²) in [5.74, 6) is 1.88. The molecule has 0 saturated heterocycles. The van der Waals surface area contributed by atoms with Crippen molar-refractivity contribution >= 4 is 43.5 Å². The second kappa shape index (κ2) is 10.7. The second-order valence-electron chi connectivity index (χ2n) is 12.6. The molecule has 220 valence electrons. The SMILES string of the molecule is C=C/C(=C\C1=C(C)c2ccccc2C1(C)C)c1nc(-c2ccccc2)nc(-c2ccc3ccc4c5ccccc5ccc4c3c2)n1. The molecule has 46 heavy (non-hydrogen) atoms. The molecule has 8 rings (SSSR count). The van der Waals surface area contributed by atoms with Crippen molar-refractivity contribution in [3.63, 3.8) is 0 Å². The molecule has 7 aromatic rings. The van der Waals surface area contributed by atoms with Crippen molar-refractivity contribution in [1.82, 2.24) is 15.0 Å². The normalized spacial score (nSPS) is 14.3. The van der Waals surface area contributed by atoms with Crippen LogP contribution < -0.4 is 0 Å². The third kappa shape index (κ3) is 4.47. The van der Waals surface area contributed by atoms with E-state index >= 15 is 0 Å². The zero-order chi connectivity index (χ0) is 31.4. The zero-order valence-corrected chi connectivity index (χ0v) is 26.3. The number of hydrogen-bond acceptors (Lipinski definition) is 3. The van der Waals surface area contributed by atoms with Gasteiger partial charge in [-0.25, -0.2) is 15.0 Å². The first-order valence-corrected chi connectivity index (χ1v) is 15.7. The van der Waals surface area contributed by atoms with E-state index in [4.69, 9.17) is 15.0 Å². The minimum Gasteiger partial charge on any atom is -0.208 e. The van der Waals surface area contributed by atoms with E-state index < -0.39 is 0 Å². The molecule has 3 nitrogen and oxygen atoms in total. The van der Waals surface area contributed by atoms with Gasteiger partial charge in [-0.2, -0.15) is 0 Å². The Morgan fingerprint density at radius 1 is 0.609 bits per heavy atom. The van der Waals surface area contributed by atoms with Gasteiger partial charge in [0.25, 0.3) is 0 Å². The van der Waals surface area contributed by atoms with E-state index in [0.29, 0.717) is 17.5 Å². The van der Waals surface area contributed by atoms with Gasteiger partial charge in [-0.1, -0.05) is 142 Å². The molecule has 1 aliphatic rings. The van der Waals surface area contributed by atoms with Crippen molar-refractivity contribution in [2.24, 2.45) is 0 Å². The van der Waals surface area contributed by atoms with E-state index in [-0.39, 0.29) is 5.41 Å². The lowest BCUT2D eigenvalue weighted by atomic mass is 9.80. The molecule has 0 unspecified atom stereocenters. The molecule has 0 radical (unpaired) electrons. The summed E-state index contributed by atoms with van der Waals surface area (Å²) in [6.07, 6.45) is 4.08. The summed E-state index contributed by atoms with van der Waals surface area (Å²) in [6, 6.07) is 42.7. The molecule has 1 aliphatic carbocycles. The van der Waals surface area contributed by atoms with Crippen LogP contribution in [0.15, 0.2) is 146 Å². The van der Waals surface area contributed by atoms with Crippen LogP contribution >= 0.6 is 0 Å². The molecule has 0 amide bonds. The monoisotopic (exact) mass is 591 g/mol. The molecule has 6 aromatic carbocycles. The van der Waals surface area contributed by atoms with Gasteiger partial charge in [0.05, 0.1) is 0 Å². The largest absolute Gasteiger partial charge is 0.208 e. The number of rotatable bonds is 5. The summed E-state index contributed by atoms with van der Waals surface area (Å²) in [6.45, 7) is 11.0. The minimum atomic E-state index is -0.156. The van der Waals surface area contributed by atoms with Gasteiger partial charge in [0, 0.05) is 22.1 Å². The molecule has 0 saturated carbocycles. The van der Waals surface area contributed by atoms with Crippen molar-refractivity contribution in [3.8, 4) is 22.8 Å². The molecule has 0 bridgehead atoms. The lowest BCUT2D eigenvalue weighted by molar-refractivity contribution is 0.654. The second-order valence-corrected chi connectivity index (χ2v) is 12.6. The van der Waals surface area contributed by atoms with E-state index in [1.807, 2.05) is 36.4 Å². The van der Waals surface area contributed by atoms with Gasteiger partial charge in [-0.3, -0.25) is 0 Å². The first-order valence-electron chi connectivity index (χ1n) is 15.7. The van der Waals surface area contributed by atoms with Crippen molar-refractivity contribution < 1.29 is 0 Å². The van der Waals surface area contributed by atoms with Gasteiger partial charge >= 0.3 is 0 Å². The van der Waals surface area contributed by atoms with Crippen LogP contribution in [0, 0.1) is 0 Å². The minimum absolute atomic E-state index is 0.156. The maximum atomic E-state index is 5.12. The van der Waals surface area contributed by atoms with E-state index in [9.17, 15) is 0 Å². The van der Waals surface area contributed by atoms with Crippen LogP contribution in [0.4, 0.5) is 0 Å². The number of fused-ring (bicyclic) bond motifs is 6. The van der Waals surface area contributed by atoms with E-state index in [1.165, 1.54) is 54.6 Å². The molecular weight excluding hydrogens is 558 g/mol. The van der Waals surface area contributed by atoms with Crippen molar-refractivity contribution in [3.05, 3.63) is 163 Å². The number of hydrogen-bond donors (Lipinski definition) is 0. The highest BCUT2D eigenvalue weighted by Crippen LogP contribution is 2.47. The van der Waals surface area contributed by atoms with Gasteiger partial charge in [0.15, 0.2) is 17.5 Å². The fourth-order valence-electron chi connectivity index (χ4n) is 7.08. The summed E-state index contributed by atoms with van der Waals surface area (Å²) in [4.78, 5) is 15.2. The fourth-order valence-corrected chi connectivity index (χ4v) is 7.08. The first-order chi connectivity index (χ1) is 22.4. The Morgan fingerprint density at radius 2 is 1.24 bits per heavy atom. The van der Waals surface area contributed by atoms with Gasteiger partial charge in [-0.05, 0) is 73.7 Å². The van der Waals surface area contributed by atoms with Crippen LogP contribution in [0.2, 0.25) is 0 Å². The van der Waals surface area contributed by atoms with Gasteiger partial charge in [0.1, 0.15) is 0 Å². The van der Waals surface area contributed by atoms with Crippen LogP contribution in [0.25, 0.3) is 66.2 Å². The van der Waals surface area contributed by atoms with Crippen molar-refractivity contribution in [2.45, 2.75) is 26.2 Å². The highest BCUT2D eigenvalue weighted by molar-refractivity contribution is 6.17. The van der Waals surface area contributed by atoms with Gasteiger partial charge in [-0.15, -0.1) is 0 Å². The standard InChI is InChI=1S/C43H33N3/c1-5-28(26-39-27(2)33-16-11-12-18-38(33)43(39,3)4)40-44-41(31-14-7-6-8-15-31)46-42(45-40)32-20-19-30-22-23-35-34-17-10-9-13-29(34)21-24-36(35)37(30)25-32/h5-26H,1H2,2-4H3/b28-26+. The summed E-state index contributed by atoms with van der Waals surface area (Å²) in [7, 11) is 0. The number of benzene rings is 6. The molecule has 0 N–H and O–H groups in total. The quantitative estimate of drug-likeness (QED) is 0.148. The Kier molecular flexibility index (Phi) is 6.51. The van der Waals surface area contributed by atoms with Gasteiger partial charge in [0.2, 0.25) is 0 Å². The van der Waals surface area contributed by atoms with E-state index in [1.54, 1.807) is 0 Å². The average molecular weight is 592 g/mol. The third-order valence-electron chi connectivity index (χ3n) is 9.53. The highest BCUT2D eigenvalue weighted by atomic mass is 15.0. The van der Waals surface area contributed by atoms with E-state index in [2.05, 4.69) is 124 Å². The van der Waals surface area contributed by atoms with Crippen LogP contribution in [-0.2, 0) is 5.41 Å². The van der Waals surface area contributed by atoms with Crippen LogP contribution in [0.1, 0.15) is 37.7 Å². The van der Waals surface area contributed by atoms with Crippen LogP contribution in [0.5, 0.6) is 0 Å². The fraction of sp³-hybridized carbons (Fsp3) is 0.0930. The molecule has 0 atom stereocenters. The summed E-state index contributed by atoms with van der Waals surface area (Å²) >= 11 is 0. The zero-order valence-electron chi connectivity index (χ0n) is 26.3. The van der Waals surface area contributed by atoms with Crippen LogP contribution in [0.3, 0.4) is 0 Å². The molecule has 1 aromatic heterocycles. The molecule has 0 spiro atoms. The number of nitrogens with zero attached hydrogens (tertiary/aromatic N) is 3. The first kappa shape index (κ1) is 27.8. The maximum absolute atomic E-state index is 5.12. The Morgan fingerprint density at radius 3 is 2.00 bits per heavy atom. The molecular formula is C43H33N3. The Hall–Kier alpha value is -5.67. The van der Waals surface area contributed by atoms with Crippen LogP contribution in [-0.4, -0.2) is 15.0 Å². The smallest absolute Gasteiger partial charge is 0.164 e. The summed E-state index contributed by atoms with van der Waals surface area (Å²) in [5.41, 5.74) is 7.74. The molecule has 3 heteroatoms. The Bertz CT molecular complexity index is 2410.